The Morgan fingerprint density at radius 1 is 0.667 bits per heavy atom. The summed E-state index contributed by atoms with van der Waals surface area (Å²) in [6, 6.07) is 29.0. The average molecular weight is 452 g/mol. The number of hydrogen-bond acceptors (Lipinski definition) is 4. The molecule has 0 fully saturated rings. The molecule has 164 valence electrons. The van der Waals surface area contributed by atoms with E-state index in [0.29, 0.717) is 5.56 Å². The number of hydrogen-bond donors (Lipinski definition) is 0. The Bertz CT molecular complexity index is 1310. The third-order valence-corrected chi connectivity index (χ3v) is 6.66. The molecule has 0 aliphatic rings. The maximum Gasteiger partial charge on any atom is 0.118 e. The van der Waals surface area contributed by atoms with Gasteiger partial charge in [-0.3, -0.25) is 0 Å². The Morgan fingerprint density at radius 3 is 1.61 bits per heavy atom. The topological polar surface area (TPSA) is 42.2 Å². The molecule has 0 aromatic heterocycles. The van der Waals surface area contributed by atoms with Gasteiger partial charge in [0.05, 0.1) is 19.8 Å². The van der Waals surface area contributed by atoms with E-state index < -0.39 is 0 Å². The molecule has 0 saturated carbocycles. The summed E-state index contributed by atoms with van der Waals surface area (Å²) in [5, 5.41) is 10.2. The Morgan fingerprint density at radius 2 is 1.15 bits per heavy atom. The van der Waals surface area contributed by atoms with Gasteiger partial charge in [0.1, 0.15) is 17.6 Å². The van der Waals surface area contributed by atoms with Crippen molar-refractivity contribution in [3.8, 4) is 50.9 Å². The van der Waals surface area contributed by atoms with Gasteiger partial charge in [-0.25, -0.2) is 0 Å². The van der Waals surface area contributed by atoms with Crippen LogP contribution in [0.15, 0.2) is 83.8 Å². The fourth-order valence-electron chi connectivity index (χ4n) is 4.23. The molecule has 0 atom stereocenters. The molecule has 0 amide bonds. The quantitative estimate of drug-likeness (QED) is 0.283. The van der Waals surface area contributed by atoms with Gasteiger partial charge in [-0.2, -0.15) is 5.26 Å². The molecule has 4 aromatic rings. The number of methoxy groups -OCH3 is 2. The molecule has 0 spiro atoms. The summed E-state index contributed by atoms with van der Waals surface area (Å²) in [6.45, 7) is 2.04. The second kappa shape index (κ2) is 9.85. The van der Waals surface area contributed by atoms with E-state index in [4.69, 9.17) is 9.47 Å². The van der Waals surface area contributed by atoms with Crippen LogP contribution in [0.5, 0.6) is 11.5 Å². The SMILES string of the molecule is COc1ccc(-c2c(C)c(C#N)c(SC)c(-c3ccccc3)c2-c2ccc(OC)cc2)cc1. The monoisotopic (exact) mass is 451 g/mol. The molecule has 0 N–H and O–H groups in total. The lowest BCUT2D eigenvalue weighted by molar-refractivity contribution is 0.414. The first-order valence-corrected chi connectivity index (χ1v) is 11.8. The lowest BCUT2D eigenvalue weighted by atomic mass is 9.82. The van der Waals surface area contributed by atoms with Gasteiger partial charge in [0.15, 0.2) is 0 Å². The van der Waals surface area contributed by atoms with Gasteiger partial charge in [-0.05, 0) is 70.8 Å². The molecule has 4 heteroatoms. The van der Waals surface area contributed by atoms with Crippen molar-refractivity contribution in [1.29, 1.82) is 5.26 Å². The first-order valence-electron chi connectivity index (χ1n) is 10.6. The van der Waals surface area contributed by atoms with Gasteiger partial charge in [0.25, 0.3) is 0 Å². The Labute approximate surface area is 199 Å². The lowest BCUT2D eigenvalue weighted by Crippen LogP contribution is -2.01. The number of rotatable bonds is 6. The van der Waals surface area contributed by atoms with E-state index in [9.17, 15) is 5.26 Å². The van der Waals surface area contributed by atoms with Gasteiger partial charge < -0.3 is 9.47 Å². The number of ether oxygens (including phenoxy) is 2. The highest BCUT2D eigenvalue weighted by Gasteiger charge is 2.24. The van der Waals surface area contributed by atoms with Crippen LogP contribution < -0.4 is 9.47 Å². The highest BCUT2D eigenvalue weighted by atomic mass is 32.2. The van der Waals surface area contributed by atoms with Crippen LogP contribution in [0.1, 0.15) is 11.1 Å². The molecule has 4 rings (SSSR count). The smallest absolute Gasteiger partial charge is 0.118 e. The largest absolute Gasteiger partial charge is 0.497 e. The van der Waals surface area contributed by atoms with E-state index in [0.717, 1.165) is 55.3 Å². The van der Waals surface area contributed by atoms with E-state index in [2.05, 4.69) is 42.5 Å². The van der Waals surface area contributed by atoms with Crippen LogP contribution in [-0.2, 0) is 0 Å². The van der Waals surface area contributed by atoms with Crippen LogP contribution in [0.25, 0.3) is 33.4 Å². The van der Waals surface area contributed by atoms with E-state index in [-0.39, 0.29) is 0 Å². The molecule has 0 aliphatic heterocycles. The molecule has 33 heavy (non-hydrogen) atoms. The van der Waals surface area contributed by atoms with Crippen LogP contribution in [0.3, 0.4) is 0 Å². The molecule has 0 unspecified atom stereocenters. The standard InChI is InChI=1S/C29H25NO2S/c1-19-25(18-30)29(33-4)28(20-8-6-5-7-9-20)27(22-12-16-24(32-3)17-13-22)26(19)21-10-14-23(31-2)15-11-21/h5-17H,1-4H3. The third kappa shape index (κ3) is 4.20. The van der Waals surface area contributed by atoms with Crippen molar-refractivity contribution in [2.45, 2.75) is 11.8 Å². The number of thioether (sulfide) groups is 1. The van der Waals surface area contributed by atoms with E-state index >= 15 is 0 Å². The maximum atomic E-state index is 10.2. The third-order valence-electron chi connectivity index (χ3n) is 5.84. The predicted octanol–water partition coefficient (Wildman–Crippen LogP) is 7.61. The molecular weight excluding hydrogens is 426 g/mol. The second-order valence-electron chi connectivity index (χ2n) is 7.59. The van der Waals surface area contributed by atoms with Crippen LogP contribution in [-0.4, -0.2) is 20.5 Å². The maximum absolute atomic E-state index is 10.2. The van der Waals surface area contributed by atoms with E-state index in [1.54, 1.807) is 26.0 Å². The fourth-order valence-corrected chi connectivity index (χ4v) is 5.06. The van der Waals surface area contributed by atoms with Crippen molar-refractivity contribution in [3.05, 3.63) is 90.0 Å². The van der Waals surface area contributed by atoms with E-state index in [1.807, 2.05) is 55.6 Å². The molecule has 0 bridgehead atoms. The Kier molecular flexibility index (Phi) is 6.72. The Balaban J connectivity index is 2.17. The minimum Gasteiger partial charge on any atom is -0.497 e. The normalized spacial score (nSPS) is 10.5. The minimum atomic E-state index is 0.712. The average Bonchev–Trinajstić information content (AvgIpc) is 2.88. The van der Waals surface area contributed by atoms with Gasteiger partial charge in [0.2, 0.25) is 0 Å². The summed E-state index contributed by atoms with van der Waals surface area (Å²) in [6.07, 6.45) is 2.03. The van der Waals surface area contributed by atoms with Crippen LogP contribution in [0.2, 0.25) is 0 Å². The molecule has 3 nitrogen and oxygen atoms in total. The van der Waals surface area contributed by atoms with Crippen LogP contribution in [0.4, 0.5) is 0 Å². The van der Waals surface area contributed by atoms with Crippen molar-refractivity contribution in [3.63, 3.8) is 0 Å². The minimum absolute atomic E-state index is 0.712. The van der Waals surface area contributed by atoms with Gasteiger partial charge >= 0.3 is 0 Å². The van der Waals surface area contributed by atoms with E-state index in [1.165, 1.54) is 0 Å². The van der Waals surface area contributed by atoms with Crippen LogP contribution in [0, 0.1) is 18.3 Å². The van der Waals surface area contributed by atoms with Gasteiger partial charge in [-0.15, -0.1) is 11.8 Å². The van der Waals surface area contributed by atoms with Crippen LogP contribution >= 0.6 is 11.8 Å². The summed E-state index contributed by atoms with van der Waals surface area (Å²) in [4.78, 5) is 0.990. The van der Waals surface area contributed by atoms with Crippen molar-refractivity contribution in [2.24, 2.45) is 0 Å². The zero-order valence-corrected chi connectivity index (χ0v) is 20.0. The zero-order valence-electron chi connectivity index (χ0n) is 19.2. The van der Waals surface area contributed by atoms with Crippen molar-refractivity contribution < 1.29 is 9.47 Å². The molecule has 0 aliphatic carbocycles. The lowest BCUT2D eigenvalue weighted by Gasteiger charge is -2.23. The number of nitrogens with zero attached hydrogens (tertiary/aromatic N) is 1. The van der Waals surface area contributed by atoms with Gasteiger partial charge in [-0.1, -0.05) is 54.6 Å². The summed E-state index contributed by atoms with van der Waals surface area (Å²) in [7, 11) is 3.34. The number of benzene rings is 4. The predicted molar refractivity (Wildman–Crippen MR) is 137 cm³/mol. The fraction of sp³-hybridized carbons (Fsp3) is 0.138. The highest BCUT2D eigenvalue weighted by molar-refractivity contribution is 7.98. The Hall–Kier alpha value is -3.68. The first kappa shape index (κ1) is 22.5. The summed E-state index contributed by atoms with van der Waals surface area (Å²) in [5.41, 5.74) is 8.11. The zero-order chi connectivity index (χ0) is 23.4. The van der Waals surface area contributed by atoms with Crippen molar-refractivity contribution >= 4 is 11.8 Å². The summed E-state index contributed by atoms with van der Waals surface area (Å²) >= 11 is 1.61. The van der Waals surface area contributed by atoms with Gasteiger partial charge in [0, 0.05) is 10.5 Å². The highest BCUT2D eigenvalue weighted by Crippen LogP contribution is 2.48. The number of nitriles is 1. The van der Waals surface area contributed by atoms with Crippen molar-refractivity contribution in [1.82, 2.24) is 0 Å². The summed E-state index contributed by atoms with van der Waals surface area (Å²) < 4.78 is 10.8. The first-order chi connectivity index (χ1) is 16.1. The molecule has 0 radical (unpaired) electrons. The summed E-state index contributed by atoms with van der Waals surface area (Å²) in [5.74, 6) is 1.60. The molecular formula is C29H25NO2S. The molecule has 0 heterocycles. The second-order valence-corrected chi connectivity index (χ2v) is 8.41. The van der Waals surface area contributed by atoms with Crippen molar-refractivity contribution in [2.75, 3.05) is 20.5 Å². The molecule has 4 aromatic carbocycles. The molecule has 0 saturated heterocycles.